The van der Waals surface area contributed by atoms with Crippen LogP contribution >= 0.6 is 0 Å². The maximum atomic E-state index is 12.4. The lowest BCUT2D eigenvalue weighted by atomic mass is 9.67. The average molecular weight is 223 g/mol. The van der Waals surface area contributed by atoms with Crippen LogP contribution in [0.3, 0.4) is 0 Å². The molecule has 1 saturated heterocycles. The average Bonchev–Trinajstić information content (AvgIpc) is 2.22. The highest BCUT2D eigenvalue weighted by atomic mass is 16.1. The minimum absolute atomic E-state index is 0.0781. The summed E-state index contributed by atoms with van der Waals surface area (Å²) < 4.78 is 0. The van der Waals surface area contributed by atoms with Gasteiger partial charge in [-0.1, -0.05) is 26.7 Å². The van der Waals surface area contributed by atoms with Gasteiger partial charge in [0.05, 0.1) is 0 Å². The lowest BCUT2D eigenvalue weighted by Gasteiger charge is -2.40. The number of nitrogens with one attached hydrogen (secondary N) is 1. The Morgan fingerprint density at radius 3 is 2.62 bits per heavy atom. The molecule has 0 aromatic heterocycles. The van der Waals surface area contributed by atoms with Crippen LogP contribution < -0.4 is 5.32 Å². The number of piperidine rings is 1. The topological polar surface area (TPSA) is 29.1 Å². The Morgan fingerprint density at radius 1 is 1.19 bits per heavy atom. The van der Waals surface area contributed by atoms with E-state index < -0.39 is 0 Å². The molecule has 2 fully saturated rings. The van der Waals surface area contributed by atoms with Crippen molar-refractivity contribution in [3.63, 3.8) is 0 Å². The van der Waals surface area contributed by atoms with E-state index in [4.69, 9.17) is 0 Å². The van der Waals surface area contributed by atoms with Gasteiger partial charge in [-0.05, 0) is 32.6 Å². The van der Waals surface area contributed by atoms with Gasteiger partial charge in [0.2, 0.25) is 0 Å². The SMILES string of the molecule is CC1CCCC(C2CCCC(C)(C)C2=O)N1. The summed E-state index contributed by atoms with van der Waals surface area (Å²) in [6.45, 7) is 6.48. The quantitative estimate of drug-likeness (QED) is 0.740. The minimum Gasteiger partial charge on any atom is -0.311 e. The summed E-state index contributed by atoms with van der Waals surface area (Å²) in [4.78, 5) is 12.4. The Bertz CT molecular complexity index is 272. The molecule has 1 aliphatic carbocycles. The Balaban J connectivity index is 2.05. The Morgan fingerprint density at radius 2 is 1.94 bits per heavy atom. The second kappa shape index (κ2) is 4.48. The zero-order valence-corrected chi connectivity index (χ0v) is 10.9. The lowest BCUT2D eigenvalue weighted by molar-refractivity contribution is -0.135. The second-order valence-corrected chi connectivity index (χ2v) is 6.35. The molecule has 0 spiro atoms. The molecule has 1 aliphatic heterocycles. The first-order valence-electron chi connectivity index (χ1n) is 6.81. The largest absolute Gasteiger partial charge is 0.311 e. The number of hydrogen-bond acceptors (Lipinski definition) is 2. The summed E-state index contributed by atoms with van der Waals surface area (Å²) in [6, 6.07) is 1.05. The second-order valence-electron chi connectivity index (χ2n) is 6.35. The fraction of sp³-hybridized carbons (Fsp3) is 0.929. The van der Waals surface area contributed by atoms with E-state index in [2.05, 4.69) is 26.1 Å². The predicted molar refractivity (Wildman–Crippen MR) is 66.4 cm³/mol. The summed E-state index contributed by atoms with van der Waals surface area (Å²) in [5.41, 5.74) is -0.0781. The first kappa shape index (κ1) is 12.1. The summed E-state index contributed by atoms with van der Waals surface area (Å²) in [7, 11) is 0. The summed E-state index contributed by atoms with van der Waals surface area (Å²) >= 11 is 0. The molecule has 3 unspecified atom stereocenters. The van der Waals surface area contributed by atoms with Crippen molar-refractivity contribution in [3.8, 4) is 0 Å². The Hall–Kier alpha value is -0.370. The smallest absolute Gasteiger partial charge is 0.143 e. The molecule has 0 bridgehead atoms. The third kappa shape index (κ3) is 2.32. The minimum atomic E-state index is -0.0781. The number of hydrogen-bond donors (Lipinski definition) is 1. The number of Topliss-reactive ketones (excluding diaryl/α,β-unsaturated/α-hetero) is 1. The molecule has 2 aliphatic rings. The van der Waals surface area contributed by atoms with Crippen molar-refractivity contribution in [2.24, 2.45) is 11.3 Å². The maximum Gasteiger partial charge on any atom is 0.143 e. The van der Waals surface area contributed by atoms with Crippen molar-refractivity contribution in [1.82, 2.24) is 5.32 Å². The van der Waals surface area contributed by atoms with Gasteiger partial charge in [-0.25, -0.2) is 0 Å². The van der Waals surface area contributed by atoms with Crippen LogP contribution in [0.15, 0.2) is 0 Å². The van der Waals surface area contributed by atoms with Crippen LogP contribution in [0.2, 0.25) is 0 Å². The molecule has 2 nitrogen and oxygen atoms in total. The molecule has 1 saturated carbocycles. The molecule has 92 valence electrons. The van der Waals surface area contributed by atoms with Gasteiger partial charge in [-0.15, -0.1) is 0 Å². The molecule has 3 atom stereocenters. The van der Waals surface area contributed by atoms with Crippen LogP contribution in [0.1, 0.15) is 59.3 Å². The highest BCUT2D eigenvalue weighted by Gasteiger charge is 2.41. The van der Waals surface area contributed by atoms with Gasteiger partial charge in [0.15, 0.2) is 0 Å². The van der Waals surface area contributed by atoms with Crippen molar-refractivity contribution >= 4 is 5.78 Å². The number of rotatable bonds is 1. The molecule has 2 heteroatoms. The van der Waals surface area contributed by atoms with E-state index in [0.29, 0.717) is 17.9 Å². The molecule has 16 heavy (non-hydrogen) atoms. The van der Waals surface area contributed by atoms with Crippen molar-refractivity contribution in [2.75, 3.05) is 0 Å². The fourth-order valence-corrected chi connectivity index (χ4v) is 3.40. The van der Waals surface area contributed by atoms with E-state index in [0.717, 1.165) is 12.8 Å². The molecule has 0 aromatic carbocycles. The zero-order chi connectivity index (χ0) is 11.8. The monoisotopic (exact) mass is 223 g/mol. The summed E-state index contributed by atoms with van der Waals surface area (Å²) in [5, 5.41) is 3.63. The molecule has 0 aromatic rings. The number of carbonyl (C=O) groups is 1. The van der Waals surface area contributed by atoms with E-state index in [-0.39, 0.29) is 11.3 Å². The van der Waals surface area contributed by atoms with Gasteiger partial charge in [0, 0.05) is 23.4 Å². The van der Waals surface area contributed by atoms with Gasteiger partial charge in [-0.2, -0.15) is 0 Å². The van der Waals surface area contributed by atoms with Crippen LogP contribution in [0.5, 0.6) is 0 Å². The molecule has 0 radical (unpaired) electrons. The Kier molecular flexibility index (Phi) is 3.39. The van der Waals surface area contributed by atoms with Gasteiger partial charge < -0.3 is 5.32 Å². The van der Waals surface area contributed by atoms with Crippen LogP contribution in [-0.4, -0.2) is 17.9 Å². The summed E-state index contributed by atoms with van der Waals surface area (Å²) in [6.07, 6.45) is 7.13. The van der Waals surface area contributed by atoms with Crippen LogP contribution in [-0.2, 0) is 4.79 Å². The molecule has 0 amide bonds. The van der Waals surface area contributed by atoms with Gasteiger partial charge in [0.25, 0.3) is 0 Å². The van der Waals surface area contributed by atoms with E-state index in [1.54, 1.807) is 0 Å². The van der Waals surface area contributed by atoms with Gasteiger partial charge in [0.1, 0.15) is 5.78 Å². The molecule has 1 heterocycles. The van der Waals surface area contributed by atoms with Crippen LogP contribution in [0.25, 0.3) is 0 Å². The van der Waals surface area contributed by atoms with Crippen LogP contribution in [0.4, 0.5) is 0 Å². The normalized spacial score (nSPS) is 39.7. The van der Waals surface area contributed by atoms with Gasteiger partial charge in [-0.3, -0.25) is 4.79 Å². The fourth-order valence-electron chi connectivity index (χ4n) is 3.40. The highest BCUT2D eigenvalue weighted by Crippen LogP contribution is 2.38. The standard InChI is InChI=1S/C14H25NO/c1-10-6-4-8-12(15-10)11-7-5-9-14(2,3)13(11)16/h10-12,15H,4-9H2,1-3H3. The Labute approximate surface area is 99.2 Å². The molecular weight excluding hydrogens is 198 g/mol. The zero-order valence-electron chi connectivity index (χ0n) is 10.9. The number of carbonyl (C=O) groups excluding carboxylic acids is 1. The first-order chi connectivity index (χ1) is 7.50. The molecule has 1 N–H and O–H groups in total. The summed E-state index contributed by atoms with van der Waals surface area (Å²) in [5.74, 6) is 0.789. The maximum absolute atomic E-state index is 12.4. The highest BCUT2D eigenvalue weighted by molar-refractivity contribution is 5.87. The first-order valence-corrected chi connectivity index (χ1v) is 6.81. The predicted octanol–water partition coefficient (Wildman–Crippen LogP) is 2.91. The third-order valence-corrected chi connectivity index (χ3v) is 4.46. The van der Waals surface area contributed by atoms with Gasteiger partial charge >= 0.3 is 0 Å². The van der Waals surface area contributed by atoms with Crippen LogP contribution in [0, 0.1) is 11.3 Å². The lowest BCUT2D eigenvalue weighted by Crippen LogP contribution is -2.51. The van der Waals surface area contributed by atoms with E-state index in [1.807, 2.05) is 0 Å². The third-order valence-electron chi connectivity index (χ3n) is 4.46. The van der Waals surface area contributed by atoms with Crippen molar-refractivity contribution in [2.45, 2.75) is 71.4 Å². The van der Waals surface area contributed by atoms with Crippen molar-refractivity contribution in [3.05, 3.63) is 0 Å². The van der Waals surface area contributed by atoms with E-state index >= 15 is 0 Å². The molecule has 2 rings (SSSR count). The van der Waals surface area contributed by atoms with Crippen molar-refractivity contribution < 1.29 is 4.79 Å². The van der Waals surface area contributed by atoms with E-state index in [9.17, 15) is 4.79 Å². The number of ketones is 1. The molecular formula is C14H25NO. The van der Waals surface area contributed by atoms with Crippen molar-refractivity contribution in [1.29, 1.82) is 0 Å². The van der Waals surface area contributed by atoms with E-state index in [1.165, 1.54) is 25.7 Å².